The predicted molar refractivity (Wildman–Crippen MR) is 94.0 cm³/mol. The summed E-state index contributed by atoms with van der Waals surface area (Å²) in [7, 11) is 0. The second kappa shape index (κ2) is 1.25. The third kappa shape index (κ3) is 0.189. The third-order valence-corrected chi connectivity index (χ3v) is 59.5. The van der Waals surface area contributed by atoms with Crippen LogP contribution in [0.25, 0.3) is 11.3 Å². The van der Waals surface area contributed by atoms with Gasteiger partial charge in [-0.2, -0.15) is 0 Å². The van der Waals surface area contributed by atoms with Gasteiger partial charge in [0.25, 0.3) is 0 Å². The number of nitrogen functional groups attached to an aromatic ring is 1. The van der Waals surface area contributed by atoms with E-state index in [0.29, 0.717) is 21.5 Å². The number of nitro groups is 1. The third-order valence-electron chi connectivity index (χ3n) is 17.2. The molecular formula is C20H16FeN4O2. The molecule has 0 bridgehead atoms. The average Bonchev–Trinajstić information content (AvgIpc) is 3.60. The quantitative estimate of drug-likeness (QED) is 0.467. The Morgan fingerprint density at radius 3 is 2.15 bits per heavy atom. The van der Waals surface area contributed by atoms with Gasteiger partial charge in [0, 0.05) is 0 Å². The first-order valence-corrected chi connectivity index (χ1v) is 16.2. The van der Waals surface area contributed by atoms with Crippen LogP contribution in [0.5, 0.6) is 0 Å². The molecule has 0 radical (unpaired) electrons. The van der Waals surface area contributed by atoms with Gasteiger partial charge in [-0.15, -0.1) is 0 Å². The van der Waals surface area contributed by atoms with Crippen LogP contribution < -0.4 is 5.73 Å². The van der Waals surface area contributed by atoms with Crippen LogP contribution in [0, 0.1) is 10.1 Å². The zero-order valence-corrected chi connectivity index (χ0v) is 15.3. The number of fused-ring (bicyclic) bond motifs is 10. The SMILES string of the molecule is Nc1nc(-c2ccccc2[N+](=O)[O-])cc([C]23[CH]4[CH]5[CH]6[CH]2[Fe]56432789[CH]3[CH]2[CH]7[CH]8[CH]39)n1. The van der Waals surface area contributed by atoms with Crippen LogP contribution in [0.1, 0.15) is 5.69 Å². The van der Waals surface area contributed by atoms with Crippen molar-refractivity contribution >= 4 is 11.6 Å². The van der Waals surface area contributed by atoms with E-state index in [2.05, 4.69) is 11.1 Å². The molecule has 12 rings (SSSR count). The summed E-state index contributed by atoms with van der Waals surface area (Å²) in [6.07, 6.45) is 0. The number of para-hydroxylation sites is 1. The van der Waals surface area contributed by atoms with Gasteiger partial charge in [0.15, 0.2) is 0 Å². The van der Waals surface area contributed by atoms with E-state index in [9.17, 15) is 10.1 Å². The van der Waals surface area contributed by atoms with Crippen molar-refractivity contribution in [1.29, 1.82) is 0 Å². The second-order valence-corrected chi connectivity index (χ2v) is 36.5. The second-order valence-electron chi connectivity index (χ2n) is 13.0. The molecule has 4 atom stereocenters. The van der Waals surface area contributed by atoms with E-state index in [1.54, 1.807) is 18.2 Å². The summed E-state index contributed by atoms with van der Waals surface area (Å²) in [5.74, 6) is 0.302. The molecule has 0 amide bonds. The minimum absolute atomic E-state index is 0.103. The van der Waals surface area contributed by atoms with Crippen molar-refractivity contribution in [3.8, 4) is 11.3 Å². The molecule has 10 saturated heterocycles. The molecule has 10 aliphatic heterocycles. The maximum absolute atomic E-state index is 11.5. The Bertz CT molecular complexity index is 1590. The summed E-state index contributed by atoms with van der Waals surface area (Å²) < 4.78 is 0.481. The summed E-state index contributed by atoms with van der Waals surface area (Å²) in [5.41, 5.74) is 8.75. The van der Waals surface area contributed by atoms with Gasteiger partial charge < -0.3 is 0 Å². The van der Waals surface area contributed by atoms with Crippen molar-refractivity contribution in [1.82, 2.24) is 9.97 Å². The summed E-state index contributed by atoms with van der Waals surface area (Å²) in [6.45, 7) is -3.34. The van der Waals surface area contributed by atoms with Crippen LogP contribution in [0.15, 0.2) is 30.3 Å². The number of anilines is 1. The van der Waals surface area contributed by atoms with Gasteiger partial charge in [-0.25, -0.2) is 0 Å². The number of benzene rings is 1. The Labute approximate surface area is 144 Å². The van der Waals surface area contributed by atoms with Crippen molar-refractivity contribution in [2.75, 3.05) is 5.73 Å². The fourth-order valence-corrected chi connectivity index (χ4v) is 92.5. The van der Waals surface area contributed by atoms with Gasteiger partial charge in [-0.3, -0.25) is 0 Å². The standard InChI is InChI=1S/C15H11N4O2.C5H5.Fe/c16-15-17-12(10-5-1-2-6-10)9-13(18-15)11-7-3-4-8-14(11)19(20)21;1-2-4-5-3-1;/h1-9H,(H2,16,17,18);1-5H;. The molecule has 0 aliphatic carbocycles. The molecule has 4 unspecified atom stereocenters. The molecule has 7 heteroatoms. The Balaban J connectivity index is 1.21. The van der Waals surface area contributed by atoms with E-state index in [0.717, 1.165) is 9.63 Å². The number of nitro benzene ring substituents is 1. The van der Waals surface area contributed by atoms with Crippen molar-refractivity contribution < 1.29 is 11.4 Å². The molecule has 27 heavy (non-hydrogen) atoms. The molecule has 1 aromatic heterocycles. The molecule has 6 nitrogen and oxygen atoms in total. The first kappa shape index (κ1) is 11.1. The molecule has 0 saturated carbocycles. The number of rotatable bonds is 3. The topological polar surface area (TPSA) is 94.9 Å². The van der Waals surface area contributed by atoms with Gasteiger partial charge >= 0.3 is 144 Å². The summed E-state index contributed by atoms with van der Waals surface area (Å²) >= 11 is 0. The molecule has 2 N–H and O–H groups in total. The number of aromatic nitrogens is 2. The van der Waals surface area contributed by atoms with Gasteiger partial charge in [0.1, 0.15) is 0 Å². The predicted octanol–water partition coefficient (Wildman–Crippen LogP) is 4.43. The van der Waals surface area contributed by atoms with E-state index in [-0.39, 0.29) is 10.6 Å². The van der Waals surface area contributed by atoms with E-state index in [4.69, 9.17) is 10.7 Å². The van der Waals surface area contributed by atoms with Crippen LogP contribution in [0.4, 0.5) is 11.6 Å². The van der Waals surface area contributed by atoms with Gasteiger partial charge in [0.2, 0.25) is 0 Å². The van der Waals surface area contributed by atoms with Crippen molar-refractivity contribution in [3.63, 3.8) is 0 Å². The Kier molecular flexibility index (Phi) is 0.514. The monoisotopic (exact) mass is 400 g/mol. The van der Waals surface area contributed by atoms with Crippen LogP contribution in [0.3, 0.4) is 0 Å². The number of nitrogens with two attached hydrogens (primary N) is 1. The summed E-state index contributed by atoms with van der Waals surface area (Å²) in [5, 5.41) is 11.5. The summed E-state index contributed by atoms with van der Waals surface area (Å²) in [6, 6.07) is 9.02. The molecular weight excluding hydrogens is 384 g/mol. The number of hydrogen-bond acceptors (Lipinski definition) is 5. The first-order valence-electron chi connectivity index (χ1n) is 9.93. The Morgan fingerprint density at radius 2 is 1.63 bits per heavy atom. The van der Waals surface area contributed by atoms with Crippen LogP contribution in [-0.4, -0.2) is 14.9 Å². The zero-order chi connectivity index (χ0) is 17.4. The van der Waals surface area contributed by atoms with Crippen molar-refractivity contribution in [2.45, 2.75) is 47.7 Å². The average molecular weight is 400 g/mol. The first-order chi connectivity index (χ1) is 12.8. The molecule has 2 aromatic rings. The molecule has 10 fully saturated rings. The van der Waals surface area contributed by atoms with Gasteiger partial charge in [-0.05, 0) is 0 Å². The van der Waals surface area contributed by atoms with Gasteiger partial charge in [-0.1, -0.05) is 0 Å². The van der Waals surface area contributed by atoms with Crippen LogP contribution in [0.2, 0.25) is 43.3 Å². The number of hydrogen-bond donors (Lipinski definition) is 1. The fraction of sp³-hybridized carbons (Fsp3) is 0.500. The fourth-order valence-electron chi connectivity index (χ4n) is 18.5. The molecule has 10 aliphatic rings. The number of nitrogens with zero attached hydrogens (tertiary/aromatic N) is 3. The Morgan fingerprint density at radius 1 is 1.00 bits per heavy atom. The van der Waals surface area contributed by atoms with Crippen LogP contribution >= 0.6 is 0 Å². The normalized spacial score (nSPS) is 79.0. The molecule has 1 aromatic carbocycles. The minimum atomic E-state index is -3.34. The van der Waals surface area contributed by atoms with E-state index >= 15 is 0 Å². The van der Waals surface area contributed by atoms with Crippen molar-refractivity contribution in [2.24, 2.45) is 0 Å². The maximum atomic E-state index is 11.5. The van der Waals surface area contributed by atoms with Crippen LogP contribution in [-0.2, 0) is 10.8 Å². The molecule has 11 heterocycles. The van der Waals surface area contributed by atoms with E-state index < -0.39 is 6.51 Å². The van der Waals surface area contributed by atoms with E-state index in [1.807, 2.05) is 6.07 Å². The zero-order valence-electron chi connectivity index (χ0n) is 14.2. The van der Waals surface area contributed by atoms with Crippen molar-refractivity contribution in [3.05, 3.63) is 46.1 Å². The summed E-state index contributed by atoms with van der Waals surface area (Å²) in [4.78, 5) is 31.1. The molecule has 1 spiro atoms. The van der Waals surface area contributed by atoms with Gasteiger partial charge in [0.05, 0.1) is 0 Å². The van der Waals surface area contributed by atoms with E-state index in [1.165, 1.54) is 39.4 Å². The Hall–Kier alpha value is -1.98. The molecule has 136 valence electrons.